The van der Waals surface area contributed by atoms with Crippen molar-refractivity contribution in [1.82, 2.24) is 4.98 Å². The fourth-order valence-electron chi connectivity index (χ4n) is 3.62. The molecule has 0 unspecified atom stereocenters. The Balaban J connectivity index is 1.43. The van der Waals surface area contributed by atoms with Gasteiger partial charge in [-0.2, -0.15) is 0 Å². The SMILES string of the molecule is O=C(Cc1ccc2[nH]ccc2c1)C1(c2ccc3c(c2)OCO3)CC1. The molecule has 2 aromatic carbocycles. The quantitative estimate of drug-likeness (QED) is 0.797. The smallest absolute Gasteiger partial charge is 0.231 e. The number of ether oxygens (including phenoxy) is 2. The van der Waals surface area contributed by atoms with E-state index in [0.717, 1.165) is 46.4 Å². The Hall–Kier alpha value is -2.75. The van der Waals surface area contributed by atoms with Crippen molar-refractivity contribution in [3.63, 3.8) is 0 Å². The Morgan fingerprint density at radius 3 is 2.79 bits per heavy atom. The number of aromatic nitrogens is 1. The molecule has 0 spiro atoms. The van der Waals surface area contributed by atoms with E-state index < -0.39 is 0 Å². The number of fused-ring (bicyclic) bond motifs is 2. The molecular formula is C20H17NO3. The molecule has 3 aromatic rings. The van der Waals surface area contributed by atoms with Crippen molar-refractivity contribution in [1.29, 1.82) is 0 Å². The maximum Gasteiger partial charge on any atom is 0.231 e. The average Bonchev–Trinajstić information content (AvgIpc) is 3.05. The Bertz CT molecular complexity index is 952. The number of nitrogens with one attached hydrogen (secondary N) is 1. The number of hydrogen-bond acceptors (Lipinski definition) is 3. The minimum absolute atomic E-state index is 0.260. The molecule has 2 heterocycles. The predicted molar refractivity (Wildman–Crippen MR) is 90.5 cm³/mol. The zero-order valence-corrected chi connectivity index (χ0v) is 13.2. The second-order valence-electron chi connectivity index (χ2n) is 6.65. The zero-order chi connectivity index (χ0) is 16.1. The average molecular weight is 319 g/mol. The van der Waals surface area contributed by atoms with Crippen LogP contribution >= 0.6 is 0 Å². The highest BCUT2D eigenvalue weighted by Gasteiger charge is 2.50. The van der Waals surface area contributed by atoms with Crippen LogP contribution in [0.3, 0.4) is 0 Å². The van der Waals surface area contributed by atoms with Crippen molar-refractivity contribution < 1.29 is 14.3 Å². The summed E-state index contributed by atoms with van der Waals surface area (Å²) in [5.41, 5.74) is 2.88. The van der Waals surface area contributed by atoms with E-state index in [1.165, 1.54) is 0 Å². The molecule has 1 aliphatic heterocycles. The standard InChI is InChI=1S/C20H17NO3/c22-19(10-13-1-3-16-14(9-13)5-8-21-16)20(6-7-20)15-2-4-17-18(11-15)24-12-23-17/h1-5,8-9,11,21H,6-7,10,12H2. The van der Waals surface area contributed by atoms with Crippen LogP contribution in [0.15, 0.2) is 48.7 Å². The van der Waals surface area contributed by atoms with Crippen LogP contribution < -0.4 is 9.47 Å². The molecule has 0 amide bonds. The molecule has 1 saturated carbocycles. The summed E-state index contributed by atoms with van der Waals surface area (Å²) in [6, 6.07) is 14.1. The molecule has 4 heteroatoms. The molecule has 4 nitrogen and oxygen atoms in total. The van der Waals surface area contributed by atoms with Crippen molar-refractivity contribution >= 4 is 16.7 Å². The van der Waals surface area contributed by atoms with Gasteiger partial charge in [0.25, 0.3) is 0 Å². The molecular weight excluding hydrogens is 302 g/mol. The van der Waals surface area contributed by atoms with Gasteiger partial charge in [-0.1, -0.05) is 12.1 Å². The van der Waals surface area contributed by atoms with E-state index in [0.29, 0.717) is 6.42 Å². The van der Waals surface area contributed by atoms with E-state index in [-0.39, 0.29) is 18.0 Å². The second-order valence-corrected chi connectivity index (χ2v) is 6.65. The lowest BCUT2D eigenvalue weighted by atomic mass is 9.87. The lowest BCUT2D eigenvalue weighted by molar-refractivity contribution is -0.120. The first kappa shape index (κ1) is 13.7. The van der Waals surface area contributed by atoms with E-state index in [1.54, 1.807) is 0 Å². The molecule has 120 valence electrons. The van der Waals surface area contributed by atoms with E-state index in [9.17, 15) is 4.79 Å². The summed E-state index contributed by atoms with van der Waals surface area (Å²) in [5.74, 6) is 1.80. The third-order valence-corrected chi connectivity index (χ3v) is 5.19. The van der Waals surface area contributed by atoms with Crippen LogP contribution in [0.4, 0.5) is 0 Å². The minimum Gasteiger partial charge on any atom is -0.454 e. The Morgan fingerprint density at radius 1 is 1.04 bits per heavy atom. The molecule has 1 aromatic heterocycles. The van der Waals surface area contributed by atoms with Crippen molar-refractivity contribution in [3.05, 3.63) is 59.8 Å². The third-order valence-electron chi connectivity index (χ3n) is 5.19. The number of benzene rings is 2. The Labute approximate surface area is 139 Å². The first-order valence-electron chi connectivity index (χ1n) is 8.24. The first-order valence-corrected chi connectivity index (χ1v) is 8.24. The number of ketones is 1. The van der Waals surface area contributed by atoms with Gasteiger partial charge in [0.1, 0.15) is 5.78 Å². The Morgan fingerprint density at radius 2 is 1.92 bits per heavy atom. The molecule has 1 fully saturated rings. The van der Waals surface area contributed by atoms with E-state index in [2.05, 4.69) is 11.1 Å². The van der Waals surface area contributed by atoms with E-state index in [1.807, 2.05) is 42.6 Å². The van der Waals surface area contributed by atoms with Gasteiger partial charge >= 0.3 is 0 Å². The van der Waals surface area contributed by atoms with Crippen LogP contribution in [0.5, 0.6) is 11.5 Å². The maximum absolute atomic E-state index is 13.0. The number of Topliss-reactive ketones (excluding diaryl/α,β-unsaturated/α-hetero) is 1. The molecule has 1 aliphatic carbocycles. The van der Waals surface area contributed by atoms with Crippen molar-refractivity contribution in [3.8, 4) is 11.5 Å². The number of rotatable bonds is 4. The fourth-order valence-corrected chi connectivity index (χ4v) is 3.62. The molecule has 0 radical (unpaired) electrons. The van der Waals surface area contributed by atoms with Gasteiger partial charge in [-0.25, -0.2) is 0 Å². The van der Waals surface area contributed by atoms with Crippen molar-refractivity contribution in [2.45, 2.75) is 24.7 Å². The molecule has 5 rings (SSSR count). The maximum atomic E-state index is 13.0. The van der Waals surface area contributed by atoms with Crippen LogP contribution in [0.25, 0.3) is 10.9 Å². The second kappa shape index (κ2) is 4.87. The first-order chi connectivity index (χ1) is 11.7. The number of carbonyl (C=O) groups excluding carboxylic acids is 1. The summed E-state index contributed by atoms with van der Waals surface area (Å²) >= 11 is 0. The van der Waals surface area contributed by atoms with Gasteiger partial charge in [-0.15, -0.1) is 0 Å². The highest BCUT2D eigenvalue weighted by atomic mass is 16.7. The van der Waals surface area contributed by atoms with Crippen LogP contribution in [-0.2, 0) is 16.6 Å². The molecule has 0 bridgehead atoms. The van der Waals surface area contributed by atoms with Gasteiger partial charge in [0.05, 0.1) is 5.41 Å². The van der Waals surface area contributed by atoms with Gasteiger partial charge in [0.15, 0.2) is 11.5 Å². The van der Waals surface area contributed by atoms with E-state index in [4.69, 9.17) is 9.47 Å². The Kier molecular flexibility index (Phi) is 2.77. The summed E-state index contributed by atoms with van der Waals surface area (Å²) in [6.07, 6.45) is 4.22. The number of hydrogen-bond donors (Lipinski definition) is 1. The summed E-state index contributed by atoms with van der Waals surface area (Å²) in [6.45, 7) is 0.260. The van der Waals surface area contributed by atoms with Gasteiger partial charge in [0, 0.05) is 18.1 Å². The summed E-state index contributed by atoms with van der Waals surface area (Å²) in [7, 11) is 0. The van der Waals surface area contributed by atoms with Crippen LogP contribution in [-0.4, -0.2) is 17.6 Å². The monoisotopic (exact) mass is 319 g/mol. The molecule has 24 heavy (non-hydrogen) atoms. The van der Waals surface area contributed by atoms with Gasteiger partial charge in [-0.05, 0) is 59.7 Å². The highest BCUT2D eigenvalue weighted by Crippen LogP contribution is 2.51. The van der Waals surface area contributed by atoms with Crippen molar-refractivity contribution in [2.24, 2.45) is 0 Å². The predicted octanol–water partition coefficient (Wildman–Crippen LogP) is 3.74. The number of carbonyl (C=O) groups is 1. The number of H-pyrrole nitrogens is 1. The topological polar surface area (TPSA) is 51.3 Å². The van der Waals surface area contributed by atoms with Crippen LogP contribution in [0.1, 0.15) is 24.0 Å². The highest BCUT2D eigenvalue weighted by molar-refractivity contribution is 5.95. The fraction of sp³-hybridized carbons (Fsp3) is 0.250. The minimum atomic E-state index is -0.339. The van der Waals surface area contributed by atoms with Crippen molar-refractivity contribution in [2.75, 3.05) is 6.79 Å². The lowest BCUT2D eigenvalue weighted by Crippen LogP contribution is -2.22. The molecule has 0 atom stereocenters. The van der Waals surface area contributed by atoms with Gasteiger partial charge in [0.2, 0.25) is 6.79 Å². The molecule has 1 N–H and O–H groups in total. The van der Waals surface area contributed by atoms with Crippen LogP contribution in [0, 0.1) is 0 Å². The normalized spacial score (nSPS) is 17.2. The van der Waals surface area contributed by atoms with E-state index >= 15 is 0 Å². The zero-order valence-electron chi connectivity index (χ0n) is 13.2. The summed E-state index contributed by atoms with van der Waals surface area (Å²) < 4.78 is 10.8. The number of aromatic amines is 1. The lowest BCUT2D eigenvalue weighted by Gasteiger charge is -2.15. The van der Waals surface area contributed by atoms with Gasteiger partial charge in [-0.3, -0.25) is 4.79 Å². The molecule has 2 aliphatic rings. The van der Waals surface area contributed by atoms with Crippen LogP contribution in [0.2, 0.25) is 0 Å². The van der Waals surface area contributed by atoms with Gasteiger partial charge < -0.3 is 14.5 Å². The third kappa shape index (κ3) is 2.03. The largest absolute Gasteiger partial charge is 0.454 e. The summed E-state index contributed by atoms with van der Waals surface area (Å²) in [4.78, 5) is 16.2. The summed E-state index contributed by atoms with van der Waals surface area (Å²) in [5, 5.41) is 1.15. The molecule has 0 saturated heterocycles.